The highest BCUT2D eigenvalue weighted by Crippen LogP contribution is 2.26. The molecule has 6 nitrogen and oxygen atoms in total. The van der Waals surface area contributed by atoms with Gasteiger partial charge in [-0.2, -0.15) is 4.98 Å². The van der Waals surface area contributed by atoms with Crippen LogP contribution in [0.4, 0.5) is 4.39 Å². The fourth-order valence-electron chi connectivity index (χ4n) is 2.40. The van der Waals surface area contributed by atoms with E-state index in [0.717, 1.165) is 6.42 Å². The van der Waals surface area contributed by atoms with E-state index in [-0.39, 0.29) is 17.4 Å². The maximum Gasteiger partial charge on any atom is 0.252 e. The molecule has 0 spiro atoms. The monoisotopic (exact) mass is 343 g/mol. The molecule has 130 valence electrons. The standard InChI is InChI=1S/C18H18FN3O3/c1-3-11(2)15(20-17(23)12-6-4-7-13(19)10-12)18-21-16(22-25-18)14-8-5-9-24-14/h4-11,15H,3H2,1-2H3,(H,20,23). The minimum atomic E-state index is -0.489. The molecule has 7 heteroatoms. The summed E-state index contributed by atoms with van der Waals surface area (Å²) in [7, 11) is 0. The maximum absolute atomic E-state index is 13.3. The van der Waals surface area contributed by atoms with Crippen molar-refractivity contribution in [1.82, 2.24) is 15.5 Å². The zero-order valence-electron chi connectivity index (χ0n) is 13.9. The third-order valence-electron chi connectivity index (χ3n) is 4.04. The second-order valence-electron chi connectivity index (χ2n) is 5.78. The number of rotatable bonds is 6. The van der Waals surface area contributed by atoms with Gasteiger partial charge < -0.3 is 14.3 Å². The molecule has 0 saturated heterocycles. The number of carbonyl (C=O) groups is 1. The summed E-state index contributed by atoms with van der Waals surface area (Å²) in [5.74, 6) is 0.253. The zero-order valence-corrected chi connectivity index (χ0v) is 13.9. The molecule has 0 aliphatic heterocycles. The summed E-state index contributed by atoms with van der Waals surface area (Å²) in [4.78, 5) is 16.8. The molecule has 1 N–H and O–H groups in total. The van der Waals surface area contributed by atoms with Crippen molar-refractivity contribution in [2.75, 3.05) is 0 Å². The lowest BCUT2D eigenvalue weighted by molar-refractivity contribution is 0.0909. The fourth-order valence-corrected chi connectivity index (χ4v) is 2.40. The summed E-state index contributed by atoms with van der Waals surface area (Å²) in [6, 6.07) is 8.47. The Hall–Kier alpha value is -2.96. The molecule has 1 aromatic carbocycles. The molecule has 0 fully saturated rings. The predicted molar refractivity (Wildman–Crippen MR) is 88.1 cm³/mol. The quantitative estimate of drug-likeness (QED) is 0.732. The van der Waals surface area contributed by atoms with Gasteiger partial charge in [-0.05, 0) is 36.2 Å². The summed E-state index contributed by atoms with van der Waals surface area (Å²) < 4.78 is 23.9. The smallest absolute Gasteiger partial charge is 0.252 e. The maximum atomic E-state index is 13.3. The first-order valence-corrected chi connectivity index (χ1v) is 8.02. The summed E-state index contributed by atoms with van der Waals surface area (Å²) in [5.41, 5.74) is 0.235. The van der Waals surface area contributed by atoms with E-state index >= 15 is 0 Å². The van der Waals surface area contributed by atoms with Crippen molar-refractivity contribution in [1.29, 1.82) is 0 Å². The Balaban J connectivity index is 1.84. The lowest BCUT2D eigenvalue weighted by Crippen LogP contribution is -2.32. The van der Waals surface area contributed by atoms with Crippen LogP contribution in [0, 0.1) is 11.7 Å². The highest BCUT2D eigenvalue weighted by Gasteiger charge is 2.27. The molecule has 3 rings (SSSR count). The summed E-state index contributed by atoms with van der Waals surface area (Å²) in [6.07, 6.45) is 2.30. The van der Waals surface area contributed by atoms with Crippen LogP contribution in [0.1, 0.15) is 42.6 Å². The highest BCUT2D eigenvalue weighted by molar-refractivity contribution is 5.94. The molecule has 0 bridgehead atoms. The van der Waals surface area contributed by atoms with Crippen molar-refractivity contribution >= 4 is 5.91 Å². The summed E-state index contributed by atoms with van der Waals surface area (Å²) in [6.45, 7) is 3.96. The number of carbonyl (C=O) groups excluding carboxylic acids is 1. The first-order chi connectivity index (χ1) is 12.1. The lowest BCUT2D eigenvalue weighted by Gasteiger charge is -2.20. The van der Waals surface area contributed by atoms with Gasteiger partial charge in [0.15, 0.2) is 5.76 Å². The van der Waals surface area contributed by atoms with Crippen molar-refractivity contribution in [3.8, 4) is 11.6 Å². The molecule has 2 atom stereocenters. The van der Waals surface area contributed by atoms with Gasteiger partial charge in [-0.15, -0.1) is 0 Å². The SMILES string of the molecule is CCC(C)C(NC(=O)c1cccc(F)c1)c1nc(-c2ccco2)no1. The largest absolute Gasteiger partial charge is 0.461 e. The number of amides is 1. The number of benzene rings is 1. The van der Waals surface area contributed by atoms with Crippen LogP contribution in [0.15, 0.2) is 51.6 Å². The third-order valence-corrected chi connectivity index (χ3v) is 4.04. The Morgan fingerprint density at radius 2 is 2.16 bits per heavy atom. The number of hydrogen-bond donors (Lipinski definition) is 1. The summed E-state index contributed by atoms with van der Waals surface area (Å²) >= 11 is 0. The Kier molecular flexibility index (Phi) is 4.92. The van der Waals surface area contributed by atoms with Gasteiger partial charge >= 0.3 is 0 Å². The van der Waals surface area contributed by atoms with Gasteiger partial charge in [0.2, 0.25) is 11.7 Å². The third kappa shape index (κ3) is 3.76. The zero-order chi connectivity index (χ0) is 17.8. The van der Waals surface area contributed by atoms with Gasteiger partial charge in [0.25, 0.3) is 5.91 Å². The van der Waals surface area contributed by atoms with E-state index in [1.807, 2.05) is 13.8 Å². The van der Waals surface area contributed by atoms with Gasteiger partial charge in [-0.3, -0.25) is 4.79 Å². The van der Waals surface area contributed by atoms with Crippen molar-refractivity contribution in [3.63, 3.8) is 0 Å². The Morgan fingerprint density at radius 3 is 2.84 bits per heavy atom. The number of nitrogens with one attached hydrogen (secondary N) is 1. The van der Waals surface area contributed by atoms with E-state index in [2.05, 4.69) is 15.5 Å². The molecule has 25 heavy (non-hydrogen) atoms. The Labute approximate surface area is 144 Å². The van der Waals surface area contributed by atoms with Gasteiger partial charge in [0.1, 0.15) is 11.9 Å². The molecule has 2 heterocycles. The highest BCUT2D eigenvalue weighted by atomic mass is 19.1. The van der Waals surface area contributed by atoms with E-state index in [1.54, 1.807) is 18.2 Å². The van der Waals surface area contributed by atoms with Gasteiger partial charge in [0.05, 0.1) is 6.26 Å². The number of halogens is 1. The van der Waals surface area contributed by atoms with Gasteiger partial charge in [0, 0.05) is 5.56 Å². The van der Waals surface area contributed by atoms with E-state index < -0.39 is 17.8 Å². The van der Waals surface area contributed by atoms with Crippen LogP contribution in [-0.2, 0) is 0 Å². The van der Waals surface area contributed by atoms with E-state index in [9.17, 15) is 9.18 Å². The predicted octanol–water partition coefficient (Wildman–Crippen LogP) is 3.99. The van der Waals surface area contributed by atoms with Crippen molar-refractivity contribution in [3.05, 3.63) is 59.9 Å². The topological polar surface area (TPSA) is 81.2 Å². The second kappa shape index (κ2) is 7.29. The average molecular weight is 343 g/mol. The minimum absolute atomic E-state index is 0.0439. The number of furan rings is 1. The molecule has 1 amide bonds. The van der Waals surface area contributed by atoms with Crippen LogP contribution >= 0.6 is 0 Å². The van der Waals surface area contributed by atoms with Crippen molar-refractivity contribution < 1.29 is 18.1 Å². The van der Waals surface area contributed by atoms with Crippen LogP contribution in [-0.4, -0.2) is 16.0 Å². The van der Waals surface area contributed by atoms with Crippen LogP contribution < -0.4 is 5.32 Å². The van der Waals surface area contributed by atoms with Crippen LogP contribution in [0.5, 0.6) is 0 Å². The normalized spacial score (nSPS) is 13.4. The Bertz CT molecular complexity index is 845. The molecule has 2 aromatic heterocycles. The summed E-state index contributed by atoms with van der Waals surface area (Å²) in [5, 5.41) is 6.75. The van der Waals surface area contributed by atoms with E-state index in [1.165, 1.54) is 24.5 Å². The Morgan fingerprint density at radius 1 is 1.32 bits per heavy atom. The molecule has 2 unspecified atom stereocenters. The van der Waals surface area contributed by atoms with Crippen molar-refractivity contribution in [2.45, 2.75) is 26.3 Å². The molecular weight excluding hydrogens is 325 g/mol. The van der Waals surface area contributed by atoms with Crippen LogP contribution in [0.3, 0.4) is 0 Å². The molecule has 3 aromatic rings. The lowest BCUT2D eigenvalue weighted by atomic mass is 9.98. The molecular formula is C18H18FN3O3. The first kappa shape index (κ1) is 16.9. The molecule has 0 saturated carbocycles. The number of aromatic nitrogens is 2. The first-order valence-electron chi connectivity index (χ1n) is 8.02. The number of hydrogen-bond acceptors (Lipinski definition) is 5. The van der Waals surface area contributed by atoms with Crippen molar-refractivity contribution in [2.24, 2.45) is 5.92 Å². The van der Waals surface area contributed by atoms with E-state index in [0.29, 0.717) is 11.6 Å². The molecule has 0 aliphatic rings. The van der Waals surface area contributed by atoms with Gasteiger partial charge in [-0.1, -0.05) is 31.5 Å². The van der Waals surface area contributed by atoms with Crippen LogP contribution in [0.25, 0.3) is 11.6 Å². The van der Waals surface area contributed by atoms with Crippen LogP contribution in [0.2, 0.25) is 0 Å². The molecule has 0 aliphatic carbocycles. The second-order valence-corrected chi connectivity index (χ2v) is 5.78. The minimum Gasteiger partial charge on any atom is -0.461 e. The average Bonchev–Trinajstić information content (AvgIpc) is 3.29. The molecule has 0 radical (unpaired) electrons. The number of nitrogens with zero attached hydrogens (tertiary/aromatic N) is 2. The van der Waals surface area contributed by atoms with Gasteiger partial charge in [-0.25, -0.2) is 4.39 Å². The fraction of sp³-hybridized carbons (Fsp3) is 0.278. The van der Waals surface area contributed by atoms with E-state index in [4.69, 9.17) is 8.94 Å².